The number of esters is 1. The molecule has 0 unspecified atom stereocenters. The number of rotatable bonds is 3. The van der Waals surface area contributed by atoms with Crippen LogP contribution in [0.5, 0.6) is 0 Å². The summed E-state index contributed by atoms with van der Waals surface area (Å²) in [7, 11) is 1.70. The van der Waals surface area contributed by atoms with Crippen molar-refractivity contribution in [2.24, 2.45) is 7.05 Å². The highest BCUT2D eigenvalue weighted by Gasteiger charge is 2.11. The number of fused-ring (bicyclic) bond motifs is 2. The molecule has 0 saturated heterocycles. The molecule has 0 radical (unpaired) electrons. The van der Waals surface area contributed by atoms with E-state index >= 15 is 0 Å². The van der Waals surface area contributed by atoms with Crippen molar-refractivity contribution in [1.29, 1.82) is 0 Å². The third-order valence-electron chi connectivity index (χ3n) is 4.48. The summed E-state index contributed by atoms with van der Waals surface area (Å²) >= 11 is 0. The van der Waals surface area contributed by atoms with Crippen LogP contribution in [0.1, 0.15) is 18.1 Å². The summed E-state index contributed by atoms with van der Waals surface area (Å²) < 4.78 is 7.82. The van der Waals surface area contributed by atoms with E-state index in [1.807, 2.05) is 26.0 Å². The Labute approximate surface area is 149 Å². The fourth-order valence-corrected chi connectivity index (χ4v) is 3.09. The summed E-state index contributed by atoms with van der Waals surface area (Å²) in [5.74, 6) is -0.517. The van der Waals surface area contributed by atoms with Crippen molar-refractivity contribution in [2.75, 3.05) is 6.61 Å². The quantitative estimate of drug-likeness (QED) is 0.413. The number of ether oxygens (including phenoxy) is 1. The molecule has 0 aliphatic heterocycles. The predicted octanol–water partition coefficient (Wildman–Crippen LogP) is 2.50. The van der Waals surface area contributed by atoms with Crippen LogP contribution in [0.3, 0.4) is 0 Å². The van der Waals surface area contributed by atoms with Gasteiger partial charge in [0, 0.05) is 42.2 Å². The minimum atomic E-state index is -0.517. The molecule has 0 N–H and O–H groups in total. The van der Waals surface area contributed by atoms with Gasteiger partial charge in [-0.15, -0.1) is 0 Å². The van der Waals surface area contributed by atoms with Crippen LogP contribution < -0.4 is 11.1 Å². The molecular weight excluding hydrogens is 332 g/mol. The Kier molecular flexibility index (Phi) is 4.50. The van der Waals surface area contributed by atoms with E-state index in [0.717, 1.165) is 27.4 Å². The number of aryl methyl sites for hydroxylation is 3. The van der Waals surface area contributed by atoms with Crippen LogP contribution in [0.2, 0.25) is 0 Å². The van der Waals surface area contributed by atoms with Crippen molar-refractivity contribution in [3.63, 3.8) is 0 Å². The highest BCUT2D eigenvalue weighted by Crippen LogP contribution is 2.25. The van der Waals surface area contributed by atoms with E-state index in [9.17, 15) is 14.4 Å². The van der Waals surface area contributed by atoms with E-state index in [-0.39, 0.29) is 17.7 Å². The second-order valence-electron chi connectivity index (χ2n) is 6.21. The van der Waals surface area contributed by atoms with E-state index in [0.29, 0.717) is 5.52 Å². The van der Waals surface area contributed by atoms with Gasteiger partial charge in [0.25, 0.3) is 11.1 Å². The molecule has 0 amide bonds. The van der Waals surface area contributed by atoms with Gasteiger partial charge in [-0.1, -0.05) is 0 Å². The molecule has 0 aliphatic carbocycles. The Bertz CT molecular complexity index is 1180. The Hall–Kier alpha value is -3.15. The first-order valence-electron chi connectivity index (χ1n) is 8.34. The number of hydrogen-bond acceptors (Lipinski definition) is 4. The summed E-state index contributed by atoms with van der Waals surface area (Å²) in [6.45, 7) is 5.74. The molecule has 2 aromatic heterocycles. The van der Waals surface area contributed by atoms with E-state index < -0.39 is 5.97 Å². The number of pyridine rings is 2. The van der Waals surface area contributed by atoms with Gasteiger partial charge < -0.3 is 9.30 Å². The van der Waals surface area contributed by atoms with Crippen molar-refractivity contribution >= 4 is 34.0 Å². The molecule has 1 aromatic carbocycles. The third kappa shape index (κ3) is 2.94. The topological polar surface area (TPSA) is 70.3 Å². The molecule has 0 spiro atoms. The Morgan fingerprint density at radius 1 is 1.00 bits per heavy atom. The highest BCUT2D eigenvalue weighted by molar-refractivity contribution is 5.98. The van der Waals surface area contributed by atoms with Crippen molar-refractivity contribution in [1.82, 2.24) is 9.13 Å². The second-order valence-corrected chi connectivity index (χ2v) is 6.21. The Balaban J connectivity index is 2.39. The first-order chi connectivity index (χ1) is 12.3. The van der Waals surface area contributed by atoms with E-state index in [1.54, 1.807) is 24.6 Å². The molecule has 6 heteroatoms. The smallest absolute Gasteiger partial charge is 0.332 e. The van der Waals surface area contributed by atoms with Crippen LogP contribution >= 0.6 is 0 Å². The molecule has 2 heterocycles. The normalized spacial score (nSPS) is 11.5. The summed E-state index contributed by atoms with van der Waals surface area (Å²) in [6.07, 6.45) is 2.63. The van der Waals surface area contributed by atoms with Crippen LogP contribution in [0, 0.1) is 13.8 Å². The zero-order chi connectivity index (χ0) is 19.0. The lowest BCUT2D eigenvalue weighted by atomic mass is 10.0. The standard InChI is InChI=1S/C20H20N2O4/c1-5-26-20(25)6-7-22-17-11-16-14(12(2)8-18(23)21(16)4)10-15(17)13(3)9-19(22)24/h6-11H,5H2,1-4H3. The number of nitrogens with zero attached hydrogens (tertiary/aromatic N) is 2. The van der Waals surface area contributed by atoms with E-state index in [1.165, 1.54) is 22.9 Å². The average molecular weight is 352 g/mol. The van der Waals surface area contributed by atoms with Gasteiger partial charge in [0.05, 0.1) is 17.6 Å². The molecule has 0 atom stereocenters. The summed E-state index contributed by atoms with van der Waals surface area (Å²) in [5.41, 5.74) is 2.70. The van der Waals surface area contributed by atoms with Gasteiger partial charge in [0.2, 0.25) is 0 Å². The average Bonchev–Trinajstić information content (AvgIpc) is 2.59. The summed E-state index contributed by atoms with van der Waals surface area (Å²) in [5, 5.41) is 1.83. The molecule has 6 nitrogen and oxygen atoms in total. The van der Waals surface area contributed by atoms with Gasteiger partial charge in [-0.3, -0.25) is 14.2 Å². The maximum Gasteiger partial charge on any atom is 0.332 e. The number of hydrogen-bond donors (Lipinski definition) is 0. The zero-order valence-corrected chi connectivity index (χ0v) is 15.2. The Morgan fingerprint density at radius 2 is 1.62 bits per heavy atom. The summed E-state index contributed by atoms with van der Waals surface area (Å²) in [4.78, 5) is 36.2. The molecule has 3 aromatic rings. The number of carbonyl (C=O) groups is 1. The highest BCUT2D eigenvalue weighted by atomic mass is 16.5. The molecule has 3 rings (SSSR count). The molecule has 0 bridgehead atoms. The van der Waals surface area contributed by atoms with E-state index in [2.05, 4.69) is 0 Å². The van der Waals surface area contributed by atoms with E-state index in [4.69, 9.17) is 4.74 Å². The fraction of sp³-hybridized carbons (Fsp3) is 0.250. The molecule has 0 saturated carbocycles. The lowest BCUT2D eigenvalue weighted by Crippen LogP contribution is -2.19. The third-order valence-corrected chi connectivity index (χ3v) is 4.48. The van der Waals surface area contributed by atoms with Crippen molar-refractivity contribution < 1.29 is 9.53 Å². The van der Waals surface area contributed by atoms with Crippen LogP contribution in [0.25, 0.3) is 28.0 Å². The van der Waals surface area contributed by atoms with Crippen molar-refractivity contribution in [2.45, 2.75) is 20.8 Å². The molecule has 0 aliphatic rings. The van der Waals surface area contributed by atoms with Crippen LogP contribution in [-0.4, -0.2) is 21.7 Å². The number of benzene rings is 1. The number of carbonyl (C=O) groups excluding carboxylic acids is 1. The molecule has 26 heavy (non-hydrogen) atoms. The van der Waals surface area contributed by atoms with Gasteiger partial charge in [0.15, 0.2) is 0 Å². The maximum absolute atomic E-state index is 12.5. The number of aromatic nitrogens is 2. The van der Waals surface area contributed by atoms with Gasteiger partial charge >= 0.3 is 5.97 Å². The first kappa shape index (κ1) is 17.7. The van der Waals surface area contributed by atoms with Gasteiger partial charge in [-0.2, -0.15) is 0 Å². The monoisotopic (exact) mass is 352 g/mol. The van der Waals surface area contributed by atoms with Crippen LogP contribution in [-0.2, 0) is 16.6 Å². The second kappa shape index (κ2) is 6.63. The lowest BCUT2D eigenvalue weighted by Gasteiger charge is -2.13. The van der Waals surface area contributed by atoms with Crippen molar-refractivity contribution in [3.8, 4) is 0 Å². The predicted molar refractivity (Wildman–Crippen MR) is 102 cm³/mol. The van der Waals surface area contributed by atoms with Gasteiger partial charge in [-0.05, 0) is 44.0 Å². The molecule has 0 fully saturated rings. The summed E-state index contributed by atoms with van der Waals surface area (Å²) in [6, 6.07) is 6.91. The largest absolute Gasteiger partial charge is 0.463 e. The SMILES string of the molecule is CCOC(=O)C=Cn1c(=O)cc(C)c2cc3c(C)cc(=O)n(C)c3cc21. The minimum absolute atomic E-state index is 0.113. The van der Waals surface area contributed by atoms with Crippen LogP contribution in [0.15, 0.2) is 39.9 Å². The zero-order valence-electron chi connectivity index (χ0n) is 15.2. The van der Waals surface area contributed by atoms with Crippen LogP contribution in [0.4, 0.5) is 0 Å². The van der Waals surface area contributed by atoms with Gasteiger partial charge in [0.1, 0.15) is 0 Å². The first-order valence-corrected chi connectivity index (χ1v) is 8.34. The maximum atomic E-state index is 12.5. The molecule has 134 valence electrons. The fourth-order valence-electron chi connectivity index (χ4n) is 3.09. The van der Waals surface area contributed by atoms with Crippen molar-refractivity contribution in [3.05, 3.63) is 62.2 Å². The lowest BCUT2D eigenvalue weighted by molar-refractivity contribution is -0.137. The Morgan fingerprint density at radius 3 is 2.27 bits per heavy atom. The van der Waals surface area contributed by atoms with Gasteiger partial charge in [-0.25, -0.2) is 4.79 Å². The molecular formula is C20H20N2O4. The minimum Gasteiger partial charge on any atom is -0.463 e.